The van der Waals surface area contributed by atoms with Gasteiger partial charge in [0, 0.05) is 19.0 Å². The molecule has 1 saturated carbocycles. The summed E-state index contributed by atoms with van der Waals surface area (Å²) in [6.07, 6.45) is 5.78. The summed E-state index contributed by atoms with van der Waals surface area (Å²) in [5.74, 6) is -0.178. The minimum atomic E-state index is -0.817. The lowest BCUT2D eigenvalue weighted by Gasteiger charge is -2.25. The summed E-state index contributed by atoms with van der Waals surface area (Å²) in [6.45, 7) is 1.64. The van der Waals surface area contributed by atoms with Crippen molar-refractivity contribution in [2.45, 2.75) is 50.6 Å². The van der Waals surface area contributed by atoms with Crippen LogP contribution in [0.25, 0.3) is 0 Å². The topological polar surface area (TPSA) is 69.6 Å². The predicted molar refractivity (Wildman–Crippen MR) is 69.6 cm³/mol. The molecule has 5 heteroatoms. The third-order valence-corrected chi connectivity index (χ3v) is 5.05. The number of nitrogens with one attached hydrogen (secondary N) is 1. The molecule has 0 aromatic rings. The van der Waals surface area contributed by atoms with Gasteiger partial charge < -0.3 is 15.3 Å². The monoisotopic (exact) mass is 266 g/mol. The molecule has 1 aliphatic carbocycles. The van der Waals surface area contributed by atoms with Gasteiger partial charge in [0.1, 0.15) is 6.04 Å². The molecule has 3 rings (SSSR count). The molecule has 4 unspecified atom stereocenters. The van der Waals surface area contributed by atoms with Gasteiger partial charge in [0.25, 0.3) is 0 Å². The van der Waals surface area contributed by atoms with Crippen LogP contribution in [-0.2, 0) is 9.59 Å². The fraction of sp³-hybridized carbons (Fsp3) is 0.857. The van der Waals surface area contributed by atoms with E-state index in [0.717, 1.165) is 38.6 Å². The Morgan fingerprint density at radius 1 is 1.21 bits per heavy atom. The van der Waals surface area contributed by atoms with Crippen LogP contribution in [-0.4, -0.2) is 47.1 Å². The Balaban J connectivity index is 1.68. The van der Waals surface area contributed by atoms with Gasteiger partial charge in [0.05, 0.1) is 0 Å². The summed E-state index contributed by atoms with van der Waals surface area (Å²) in [6, 6.07) is -0.316. The molecule has 0 radical (unpaired) electrons. The second-order valence-electron chi connectivity index (χ2n) is 6.18. The Morgan fingerprint density at radius 2 is 2.05 bits per heavy atom. The van der Waals surface area contributed by atoms with E-state index in [9.17, 15) is 14.7 Å². The normalized spacial score (nSPS) is 37.6. The Bertz CT molecular complexity index is 379. The highest BCUT2D eigenvalue weighted by molar-refractivity contribution is 5.85. The van der Waals surface area contributed by atoms with Gasteiger partial charge in [0.15, 0.2) is 0 Å². The molecule has 1 amide bonds. The molecule has 4 atom stereocenters. The lowest BCUT2D eigenvalue weighted by molar-refractivity contribution is -0.149. The molecule has 2 saturated heterocycles. The molecule has 19 heavy (non-hydrogen) atoms. The number of carboxylic acid groups (broad SMARTS) is 1. The van der Waals surface area contributed by atoms with Crippen molar-refractivity contribution in [1.82, 2.24) is 10.2 Å². The summed E-state index contributed by atoms with van der Waals surface area (Å²) in [4.78, 5) is 25.5. The van der Waals surface area contributed by atoms with Gasteiger partial charge in [-0.1, -0.05) is 6.42 Å². The molecule has 3 fully saturated rings. The Hall–Kier alpha value is -1.10. The van der Waals surface area contributed by atoms with Gasteiger partial charge in [0.2, 0.25) is 5.91 Å². The van der Waals surface area contributed by atoms with Gasteiger partial charge in [-0.15, -0.1) is 0 Å². The van der Waals surface area contributed by atoms with Crippen molar-refractivity contribution in [2.24, 2.45) is 11.8 Å². The second kappa shape index (κ2) is 5.12. The lowest BCUT2D eigenvalue weighted by Crippen LogP contribution is -2.45. The van der Waals surface area contributed by atoms with Crippen LogP contribution in [0.5, 0.6) is 0 Å². The zero-order chi connectivity index (χ0) is 13.4. The van der Waals surface area contributed by atoms with Crippen LogP contribution in [0, 0.1) is 11.8 Å². The van der Waals surface area contributed by atoms with Crippen LogP contribution in [0.4, 0.5) is 0 Å². The fourth-order valence-corrected chi connectivity index (χ4v) is 4.14. The molecular weight excluding hydrogens is 244 g/mol. The third kappa shape index (κ3) is 2.36. The molecule has 106 valence electrons. The number of amides is 1. The molecule has 0 spiro atoms. The fourth-order valence-electron chi connectivity index (χ4n) is 4.14. The van der Waals surface area contributed by atoms with E-state index in [-0.39, 0.29) is 17.9 Å². The molecule has 0 aromatic carbocycles. The smallest absolute Gasteiger partial charge is 0.326 e. The number of carbonyl (C=O) groups is 2. The van der Waals surface area contributed by atoms with E-state index in [1.54, 1.807) is 4.90 Å². The quantitative estimate of drug-likeness (QED) is 0.794. The van der Waals surface area contributed by atoms with E-state index < -0.39 is 12.0 Å². The first kappa shape index (κ1) is 12.9. The summed E-state index contributed by atoms with van der Waals surface area (Å²) in [5, 5.41) is 12.7. The van der Waals surface area contributed by atoms with Crippen molar-refractivity contribution in [3.05, 3.63) is 0 Å². The van der Waals surface area contributed by atoms with E-state index in [2.05, 4.69) is 5.32 Å². The molecule has 2 N–H and O–H groups in total. The summed E-state index contributed by atoms with van der Waals surface area (Å²) >= 11 is 0. The summed E-state index contributed by atoms with van der Waals surface area (Å²) in [7, 11) is 0. The minimum absolute atomic E-state index is 0.0289. The van der Waals surface area contributed by atoms with Crippen molar-refractivity contribution < 1.29 is 14.7 Å². The third-order valence-electron chi connectivity index (χ3n) is 5.05. The lowest BCUT2D eigenvalue weighted by atomic mass is 9.94. The highest BCUT2D eigenvalue weighted by Gasteiger charge is 2.49. The maximum atomic E-state index is 12.4. The number of carbonyl (C=O) groups excluding carboxylic acids is 1. The first-order chi connectivity index (χ1) is 9.16. The largest absolute Gasteiger partial charge is 0.480 e. The van der Waals surface area contributed by atoms with Crippen LogP contribution < -0.4 is 5.32 Å². The minimum Gasteiger partial charge on any atom is -0.480 e. The summed E-state index contributed by atoms with van der Waals surface area (Å²) < 4.78 is 0. The number of nitrogens with zero attached hydrogens (tertiary/aromatic N) is 1. The van der Waals surface area contributed by atoms with E-state index >= 15 is 0 Å². The van der Waals surface area contributed by atoms with Crippen LogP contribution in [0.15, 0.2) is 0 Å². The van der Waals surface area contributed by atoms with Gasteiger partial charge in [-0.25, -0.2) is 4.79 Å². The number of fused-ring (bicyclic) bond motifs is 1. The number of likely N-dealkylation sites (tertiary alicyclic amines) is 1. The molecule has 2 heterocycles. The van der Waals surface area contributed by atoms with Crippen LogP contribution in [0.3, 0.4) is 0 Å². The average molecular weight is 266 g/mol. The Morgan fingerprint density at radius 3 is 2.74 bits per heavy atom. The highest BCUT2D eigenvalue weighted by atomic mass is 16.4. The van der Waals surface area contributed by atoms with Crippen LogP contribution in [0.2, 0.25) is 0 Å². The predicted octanol–water partition coefficient (Wildman–Crippen LogP) is 0.840. The van der Waals surface area contributed by atoms with Crippen molar-refractivity contribution in [2.75, 3.05) is 13.1 Å². The van der Waals surface area contributed by atoms with E-state index in [1.807, 2.05) is 0 Å². The molecular formula is C14H22N2O3. The Kier molecular flexibility index (Phi) is 3.48. The van der Waals surface area contributed by atoms with Gasteiger partial charge in [-0.2, -0.15) is 0 Å². The maximum absolute atomic E-state index is 12.4. The van der Waals surface area contributed by atoms with Crippen molar-refractivity contribution >= 4 is 11.9 Å². The average Bonchev–Trinajstić information content (AvgIpc) is 3.02. The number of rotatable bonds is 3. The molecule has 5 nitrogen and oxygen atoms in total. The first-order valence-electron chi connectivity index (χ1n) is 7.42. The number of hydrogen-bond acceptors (Lipinski definition) is 3. The van der Waals surface area contributed by atoms with Crippen molar-refractivity contribution in [3.63, 3.8) is 0 Å². The highest BCUT2D eigenvalue weighted by Crippen LogP contribution is 2.42. The van der Waals surface area contributed by atoms with E-state index in [1.165, 1.54) is 0 Å². The second-order valence-corrected chi connectivity index (χ2v) is 6.18. The molecule has 3 aliphatic rings. The van der Waals surface area contributed by atoms with Gasteiger partial charge in [-0.05, 0) is 44.1 Å². The molecule has 0 aromatic heterocycles. The SMILES string of the molecule is O=C(O)C1C2CCCC2CN1C(=O)CC1CCCN1. The molecule has 0 bridgehead atoms. The zero-order valence-corrected chi connectivity index (χ0v) is 11.2. The standard InChI is InChI=1S/C14H22N2O3/c17-12(7-10-4-2-6-15-10)16-8-9-3-1-5-11(9)13(16)14(18)19/h9-11,13,15H,1-8H2,(H,18,19). The van der Waals surface area contributed by atoms with Crippen molar-refractivity contribution in [3.8, 4) is 0 Å². The Labute approximate surface area is 113 Å². The first-order valence-corrected chi connectivity index (χ1v) is 7.42. The van der Waals surface area contributed by atoms with Gasteiger partial charge >= 0.3 is 5.97 Å². The van der Waals surface area contributed by atoms with Crippen LogP contribution >= 0.6 is 0 Å². The van der Waals surface area contributed by atoms with Gasteiger partial charge in [-0.3, -0.25) is 4.79 Å². The van der Waals surface area contributed by atoms with E-state index in [4.69, 9.17) is 0 Å². The zero-order valence-electron chi connectivity index (χ0n) is 11.2. The maximum Gasteiger partial charge on any atom is 0.326 e. The number of hydrogen-bond donors (Lipinski definition) is 2. The number of carboxylic acids is 1. The van der Waals surface area contributed by atoms with E-state index in [0.29, 0.717) is 18.9 Å². The number of aliphatic carboxylic acids is 1. The summed E-state index contributed by atoms with van der Waals surface area (Å²) in [5.41, 5.74) is 0. The molecule has 2 aliphatic heterocycles. The van der Waals surface area contributed by atoms with Crippen LogP contribution in [0.1, 0.15) is 38.5 Å². The van der Waals surface area contributed by atoms with Crippen molar-refractivity contribution in [1.29, 1.82) is 0 Å².